The van der Waals surface area contributed by atoms with E-state index in [2.05, 4.69) is 70.3 Å². The maximum atomic E-state index is 3.51. The molecule has 0 radical (unpaired) electrons. The monoisotopic (exact) mass is 231 g/mol. The summed E-state index contributed by atoms with van der Waals surface area (Å²) < 4.78 is 0. The first-order chi connectivity index (χ1) is 7.92. The van der Waals surface area contributed by atoms with Crippen molar-refractivity contribution in [3.8, 4) is 0 Å². The SMILES string of the molecule is CCc1ccccc1C=C(C)CNC(C)(C)C. The van der Waals surface area contributed by atoms with Crippen LogP contribution < -0.4 is 5.32 Å². The molecule has 1 rings (SSSR count). The summed E-state index contributed by atoms with van der Waals surface area (Å²) in [5, 5.41) is 3.51. The third-order valence-corrected chi connectivity index (χ3v) is 2.74. The van der Waals surface area contributed by atoms with Gasteiger partial charge < -0.3 is 5.32 Å². The molecular formula is C16H25N. The van der Waals surface area contributed by atoms with Gasteiger partial charge in [0.2, 0.25) is 0 Å². The fourth-order valence-electron chi connectivity index (χ4n) is 1.72. The zero-order chi connectivity index (χ0) is 12.9. The number of aryl methyl sites for hydroxylation is 1. The van der Waals surface area contributed by atoms with E-state index in [9.17, 15) is 0 Å². The molecule has 0 amide bonds. The molecule has 0 aliphatic rings. The summed E-state index contributed by atoms with van der Waals surface area (Å²) in [6.45, 7) is 11.9. The Hall–Kier alpha value is -1.08. The van der Waals surface area contributed by atoms with E-state index in [-0.39, 0.29) is 5.54 Å². The molecule has 1 N–H and O–H groups in total. The number of rotatable bonds is 4. The summed E-state index contributed by atoms with van der Waals surface area (Å²) in [5.74, 6) is 0. The average Bonchev–Trinajstić information content (AvgIpc) is 2.26. The summed E-state index contributed by atoms with van der Waals surface area (Å²) in [5.41, 5.74) is 4.32. The van der Waals surface area contributed by atoms with Gasteiger partial charge in [0.1, 0.15) is 0 Å². The molecule has 0 fully saturated rings. The van der Waals surface area contributed by atoms with E-state index in [1.54, 1.807) is 0 Å². The Morgan fingerprint density at radius 1 is 1.24 bits per heavy atom. The third-order valence-electron chi connectivity index (χ3n) is 2.74. The average molecular weight is 231 g/mol. The van der Waals surface area contributed by atoms with Crippen LogP contribution in [0.2, 0.25) is 0 Å². The molecule has 1 aromatic rings. The van der Waals surface area contributed by atoms with Crippen molar-refractivity contribution in [2.75, 3.05) is 6.54 Å². The molecule has 1 nitrogen and oxygen atoms in total. The second kappa shape index (κ2) is 6.02. The van der Waals surface area contributed by atoms with Crippen LogP contribution in [0, 0.1) is 0 Å². The van der Waals surface area contributed by atoms with Gasteiger partial charge in [-0.25, -0.2) is 0 Å². The van der Waals surface area contributed by atoms with Crippen molar-refractivity contribution in [1.82, 2.24) is 5.32 Å². The Morgan fingerprint density at radius 2 is 1.88 bits per heavy atom. The highest BCUT2D eigenvalue weighted by molar-refractivity contribution is 5.56. The summed E-state index contributed by atoms with van der Waals surface area (Å²) in [7, 11) is 0. The highest BCUT2D eigenvalue weighted by atomic mass is 14.9. The summed E-state index contributed by atoms with van der Waals surface area (Å²) in [4.78, 5) is 0. The molecule has 0 heterocycles. The molecule has 0 aliphatic carbocycles. The quantitative estimate of drug-likeness (QED) is 0.824. The largest absolute Gasteiger partial charge is 0.308 e. The van der Waals surface area contributed by atoms with Crippen LogP contribution in [0.4, 0.5) is 0 Å². The van der Waals surface area contributed by atoms with Crippen molar-refractivity contribution in [1.29, 1.82) is 0 Å². The first-order valence-corrected chi connectivity index (χ1v) is 6.42. The Bertz CT molecular complexity index is 383. The molecular weight excluding hydrogens is 206 g/mol. The number of hydrogen-bond acceptors (Lipinski definition) is 1. The molecule has 0 atom stereocenters. The van der Waals surface area contributed by atoms with Crippen LogP contribution in [0.1, 0.15) is 45.7 Å². The molecule has 0 bridgehead atoms. The molecule has 94 valence electrons. The lowest BCUT2D eigenvalue weighted by Crippen LogP contribution is -2.36. The van der Waals surface area contributed by atoms with E-state index >= 15 is 0 Å². The van der Waals surface area contributed by atoms with Crippen molar-refractivity contribution in [2.45, 2.75) is 46.6 Å². The lowest BCUT2D eigenvalue weighted by Gasteiger charge is -2.20. The molecule has 17 heavy (non-hydrogen) atoms. The van der Waals surface area contributed by atoms with E-state index in [1.807, 2.05) is 0 Å². The van der Waals surface area contributed by atoms with E-state index in [0.29, 0.717) is 0 Å². The van der Waals surface area contributed by atoms with Crippen LogP contribution in [-0.4, -0.2) is 12.1 Å². The van der Waals surface area contributed by atoms with Gasteiger partial charge in [0.25, 0.3) is 0 Å². The fraction of sp³-hybridized carbons (Fsp3) is 0.500. The zero-order valence-corrected chi connectivity index (χ0v) is 11.8. The Labute approximate surface area is 106 Å². The van der Waals surface area contributed by atoms with Crippen LogP contribution >= 0.6 is 0 Å². The number of benzene rings is 1. The molecule has 0 saturated heterocycles. The van der Waals surface area contributed by atoms with Crippen LogP contribution in [0.15, 0.2) is 29.8 Å². The topological polar surface area (TPSA) is 12.0 Å². The standard InChI is InChI=1S/C16H25N/c1-6-14-9-7-8-10-15(14)11-13(2)12-17-16(3,4)5/h7-11,17H,6,12H2,1-5H3. The van der Waals surface area contributed by atoms with Gasteiger partial charge in [-0.15, -0.1) is 0 Å². The second-order valence-corrected chi connectivity index (χ2v) is 5.65. The lowest BCUT2D eigenvalue weighted by atomic mass is 10.0. The molecule has 0 spiro atoms. The van der Waals surface area contributed by atoms with Gasteiger partial charge in [-0.3, -0.25) is 0 Å². The van der Waals surface area contributed by atoms with Crippen molar-refractivity contribution in [2.24, 2.45) is 0 Å². The summed E-state index contributed by atoms with van der Waals surface area (Å²) in [6.07, 6.45) is 3.38. The zero-order valence-electron chi connectivity index (χ0n) is 11.8. The number of nitrogens with one attached hydrogen (secondary N) is 1. The Balaban J connectivity index is 2.73. The molecule has 0 unspecified atom stereocenters. The molecule has 0 aliphatic heterocycles. The van der Waals surface area contributed by atoms with Gasteiger partial charge in [-0.2, -0.15) is 0 Å². The smallest absolute Gasteiger partial charge is 0.0170 e. The molecule has 1 heteroatoms. The van der Waals surface area contributed by atoms with Crippen molar-refractivity contribution in [3.05, 3.63) is 41.0 Å². The molecule has 1 aromatic carbocycles. The van der Waals surface area contributed by atoms with E-state index in [1.165, 1.54) is 16.7 Å². The van der Waals surface area contributed by atoms with Crippen molar-refractivity contribution >= 4 is 6.08 Å². The molecule has 0 aromatic heterocycles. The van der Waals surface area contributed by atoms with Crippen LogP contribution in [0.5, 0.6) is 0 Å². The van der Waals surface area contributed by atoms with Gasteiger partial charge in [-0.1, -0.05) is 42.8 Å². The van der Waals surface area contributed by atoms with Gasteiger partial charge in [0.05, 0.1) is 0 Å². The minimum absolute atomic E-state index is 0.180. The van der Waals surface area contributed by atoms with Crippen LogP contribution in [0.25, 0.3) is 6.08 Å². The molecule has 0 saturated carbocycles. The first-order valence-electron chi connectivity index (χ1n) is 6.42. The fourth-order valence-corrected chi connectivity index (χ4v) is 1.72. The van der Waals surface area contributed by atoms with Gasteiger partial charge in [0, 0.05) is 12.1 Å². The highest BCUT2D eigenvalue weighted by Gasteiger charge is 2.07. The van der Waals surface area contributed by atoms with E-state index in [4.69, 9.17) is 0 Å². The van der Waals surface area contributed by atoms with Gasteiger partial charge in [-0.05, 0) is 45.2 Å². The minimum atomic E-state index is 0.180. The number of hydrogen-bond donors (Lipinski definition) is 1. The van der Waals surface area contributed by atoms with Gasteiger partial charge in [0.15, 0.2) is 0 Å². The summed E-state index contributed by atoms with van der Waals surface area (Å²) >= 11 is 0. The first kappa shape index (κ1) is 14.0. The highest BCUT2D eigenvalue weighted by Crippen LogP contribution is 2.13. The predicted molar refractivity (Wildman–Crippen MR) is 77.2 cm³/mol. The van der Waals surface area contributed by atoms with Crippen LogP contribution in [0.3, 0.4) is 0 Å². The lowest BCUT2D eigenvalue weighted by molar-refractivity contribution is 0.445. The van der Waals surface area contributed by atoms with Gasteiger partial charge >= 0.3 is 0 Å². The summed E-state index contributed by atoms with van der Waals surface area (Å²) in [6, 6.07) is 8.62. The van der Waals surface area contributed by atoms with E-state index in [0.717, 1.165) is 13.0 Å². The maximum absolute atomic E-state index is 3.51. The van der Waals surface area contributed by atoms with Crippen molar-refractivity contribution in [3.63, 3.8) is 0 Å². The maximum Gasteiger partial charge on any atom is 0.0170 e. The van der Waals surface area contributed by atoms with E-state index < -0.39 is 0 Å². The third kappa shape index (κ3) is 5.18. The Morgan fingerprint density at radius 3 is 2.47 bits per heavy atom. The Kier molecular flexibility index (Phi) is 4.95. The van der Waals surface area contributed by atoms with Crippen molar-refractivity contribution < 1.29 is 0 Å². The predicted octanol–water partition coefficient (Wildman–Crippen LogP) is 4.04. The van der Waals surface area contributed by atoms with Crippen LogP contribution in [-0.2, 0) is 6.42 Å². The normalized spacial score (nSPS) is 12.9. The minimum Gasteiger partial charge on any atom is -0.308 e. The second-order valence-electron chi connectivity index (χ2n) is 5.65.